The second-order valence-corrected chi connectivity index (χ2v) is 7.11. The van der Waals surface area contributed by atoms with E-state index in [-0.39, 0.29) is 5.54 Å². The predicted octanol–water partition coefficient (Wildman–Crippen LogP) is 1.82. The van der Waals surface area contributed by atoms with Crippen LogP contribution in [0.2, 0.25) is 0 Å². The van der Waals surface area contributed by atoms with Gasteiger partial charge < -0.3 is 15.4 Å². The van der Waals surface area contributed by atoms with Crippen molar-refractivity contribution < 1.29 is 4.74 Å². The highest BCUT2D eigenvalue weighted by Gasteiger charge is 2.39. The van der Waals surface area contributed by atoms with Crippen molar-refractivity contribution in [2.75, 3.05) is 45.9 Å². The highest BCUT2D eigenvalue weighted by molar-refractivity contribution is 5.78. The summed E-state index contributed by atoms with van der Waals surface area (Å²) < 4.78 is 5.61. The van der Waals surface area contributed by atoms with E-state index >= 15 is 0 Å². The van der Waals surface area contributed by atoms with Gasteiger partial charge in [0.25, 0.3) is 0 Å². The van der Waals surface area contributed by atoms with Gasteiger partial charge in [-0.25, -0.2) is 0 Å². The van der Waals surface area contributed by atoms with Crippen molar-refractivity contribution in [3.05, 3.63) is 0 Å². The van der Waals surface area contributed by atoms with Crippen molar-refractivity contribution in [1.29, 1.82) is 0 Å². The molecule has 0 saturated carbocycles. The van der Waals surface area contributed by atoms with Gasteiger partial charge in [0, 0.05) is 31.8 Å². The molecule has 0 atom stereocenters. The summed E-state index contributed by atoms with van der Waals surface area (Å²) in [6.45, 7) is 7.19. The van der Waals surface area contributed by atoms with Gasteiger partial charge in [-0.3, -0.25) is 9.89 Å². The summed E-state index contributed by atoms with van der Waals surface area (Å²) >= 11 is 0. The van der Waals surface area contributed by atoms with Gasteiger partial charge in [-0.15, -0.1) is 0 Å². The van der Waals surface area contributed by atoms with Crippen LogP contribution in [0, 0.1) is 0 Å². The molecule has 3 aliphatic rings. The lowest BCUT2D eigenvalue weighted by atomic mass is 9.88. The van der Waals surface area contributed by atoms with Gasteiger partial charge >= 0.3 is 0 Å². The zero-order chi connectivity index (χ0) is 15.3. The van der Waals surface area contributed by atoms with E-state index in [4.69, 9.17) is 15.5 Å². The number of likely N-dealkylation sites (tertiary alicyclic amines) is 2. The van der Waals surface area contributed by atoms with Crippen LogP contribution in [0.5, 0.6) is 0 Å². The van der Waals surface area contributed by atoms with Gasteiger partial charge in [-0.2, -0.15) is 0 Å². The minimum atomic E-state index is 0.200. The van der Waals surface area contributed by atoms with Crippen molar-refractivity contribution in [2.24, 2.45) is 10.7 Å². The highest BCUT2D eigenvalue weighted by Crippen LogP contribution is 2.31. The molecular formula is C17H32N4O. The Morgan fingerprint density at radius 3 is 2.14 bits per heavy atom. The molecule has 5 nitrogen and oxygen atoms in total. The van der Waals surface area contributed by atoms with Crippen molar-refractivity contribution in [3.8, 4) is 0 Å². The van der Waals surface area contributed by atoms with Crippen LogP contribution in [0.25, 0.3) is 0 Å². The fraction of sp³-hybridized carbons (Fsp3) is 0.941. The van der Waals surface area contributed by atoms with Crippen LogP contribution in [0.4, 0.5) is 0 Å². The van der Waals surface area contributed by atoms with Crippen molar-refractivity contribution >= 4 is 5.96 Å². The van der Waals surface area contributed by atoms with E-state index in [2.05, 4.69) is 9.80 Å². The Hall–Kier alpha value is -0.810. The van der Waals surface area contributed by atoms with Gasteiger partial charge in [0.05, 0.1) is 6.54 Å². The molecule has 0 amide bonds. The third-order valence-corrected chi connectivity index (χ3v) is 5.67. The number of nitrogens with zero attached hydrogens (tertiary/aromatic N) is 3. The summed E-state index contributed by atoms with van der Waals surface area (Å²) in [7, 11) is 0. The first-order valence-corrected chi connectivity index (χ1v) is 9.18. The third-order valence-electron chi connectivity index (χ3n) is 5.67. The number of guanidine groups is 1. The molecule has 3 rings (SSSR count). The molecule has 0 spiro atoms. The van der Waals surface area contributed by atoms with Gasteiger partial charge in [-0.1, -0.05) is 12.8 Å². The Morgan fingerprint density at radius 1 is 0.909 bits per heavy atom. The molecule has 5 heteroatoms. The molecule has 0 bridgehead atoms. The number of hydrogen-bond donors (Lipinski definition) is 1. The van der Waals surface area contributed by atoms with E-state index in [1.807, 2.05) is 0 Å². The van der Waals surface area contributed by atoms with Crippen LogP contribution in [0.1, 0.15) is 51.4 Å². The van der Waals surface area contributed by atoms with Gasteiger partial charge in [0.1, 0.15) is 0 Å². The lowest BCUT2D eigenvalue weighted by Gasteiger charge is -2.43. The van der Waals surface area contributed by atoms with Crippen LogP contribution in [-0.4, -0.2) is 67.2 Å². The molecule has 3 saturated heterocycles. The smallest absolute Gasteiger partial charge is 0.191 e. The van der Waals surface area contributed by atoms with Crippen LogP contribution in [0.15, 0.2) is 4.99 Å². The molecule has 126 valence electrons. The number of rotatable bonds is 3. The highest BCUT2D eigenvalue weighted by atomic mass is 16.5. The summed E-state index contributed by atoms with van der Waals surface area (Å²) in [4.78, 5) is 9.81. The molecule has 3 fully saturated rings. The molecule has 0 aromatic heterocycles. The molecule has 3 heterocycles. The normalized spacial score (nSPS) is 27.8. The van der Waals surface area contributed by atoms with Gasteiger partial charge in [0.15, 0.2) is 5.96 Å². The first kappa shape index (κ1) is 16.1. The maximum atomic E-state index is 6.32. The fourth-order valence-corrected chi connectivity index (χ4v) is 4.15. The summed E-state index contributed by atoms with van der Waals surface area (Å²) in [6.07, 6.45) is 10.0. The molecule has 22 heavy (non-hydrogen) atoms. The average Bonchev–Trinajstić information content (AvgIpc) is 2.97. The number of nitrogens with two attached hydrogens (primary N) is 1. The minimum absolute atomic E-state index is 0.200. The Labute approximate surface area is 134 Å². The second kappa shape index (κ2) is 7.64. The van der Waals surface area contributed by atoms with Crippen molar-refractivity contribution in [2.45, 2.75) is 56.9 Å². The van der Waals surface area contributed by atoms with Crippen molar-refractivity contribution in [1.82, 2.24) is 9.80 Å². The maximum Gasteiger partial charge on any atom is 0.191 e. The van der Waals surface area contributed by atoms with E-state index in [9.17, 15) is 0 Å². The van der Waals surface area contributed by atoms with Crippen LogP contribution >= 0.6 is 0 Å². The number of aliphatic imine (C=N–C) groups is 1. The van der Waals surface area contributed by atoms with E-state index in [1.165, 1.54) is 51.6 Å². The van der Waals surface area contributed by atoms with E-state index in [0.29, 0.717) is 0 Å². The Morgan fingerprint density at radius 2 is 1.50 bits per heavy atom. The second-order valence-electron chi connectivity index (χ2n) is 7.11. The van der Waals surface area contributed by atoms with Crippen LogP contribution < -0.4 is 5.73 Å². The molecule has 0 radical (unpaired) electrons. The molecule has 2 N–H and O–H groups in total. The molecule has 0 aromatic rings. The zero-order valence-corrected chi connectivity index (χ0v) is 13.9. The summed E-state index contributed by atoms with van der Waals surface area (Å²) in [6, 6.07) is 0. The van der Waals surface area contributed by atoms with Crippen LogP contribution in [0.3, 0.4) is 0 Å². The van der Waals surface area contributed by atoms with Gasteiger partial charge in [-0.05, 0) is 51.6 Å². The van der Waals surface area contributed by atoms with E-state index in [1.54, 1.807) is 0 Å². The summed E-state index contributed by atoms with van der Waals surface area (Å²) in [5.41, 5.74) is 6.52. The van der Waals surface area contributed by atoms with E-state index < -0.39 is 0 Å². The average molecular weight is 308 g/mol. The van der Waals surface area contributed by atoms with Crippen LogP contribution in [-0.2, 0) is 4.74 Å². The Balaban J connectivity index is 1.65. The Bertz CT molecular complexity index is 365. The molecule has 0 aliphatic carbocycles. The van der Waals surface area contributed by atoms with Crippen molar-refractivity contribution in [3.63, 3.8) is 0 Å². The predicted molar refractivity (Wildman–Crippen MR) is 90.1 cm³/mol. The lowest BCUT2D eigenvalue weighted by molar-refractivity contribution is -0.0139. The topological polar surface area (TPSA) is 54.1 Å². The third kappa shape index (κ3) is 3.74. The lowest BCUT2D eigenvalue weighted by Crippen LogP contribution is -2.54. The Kier molecular flexibility index (Phi) is 5.58. The maximum absolute atomic E-state index is 6.32. The van der Waals surface area contributed by atoms with E-state index in [0.717, 1.165) is 51.6 Å². The quantitative estimate of drug-likeness (QED) is 0.638. The summed E-state index contributed by atoms with van der Waals surface area (Å²) in [5.74, 6) is 0.770. The molecule has 0 unspecified atom stereocenters. The zero-order valence-electron chi connectivity index (χ0n) is 13.9. The SMILES string of the molecule is NC(=NCC1(N2CCCC2)CCOCC1)N1CCCCCC1. The first-order valence-electron chi connectivity index (χ1n) is 9.18. The molecular weight excluding hydrogens is 276 g/mol. The first-order chi connectivity index (χ1) is 10.8. The fourth-order valence-electron chi connectivity index (χ4n) is 4.15. The summed E-state index contributed by atoms with van der Waals surface area (Å²) in [5, 5.41) is 0. The standard InChI is InChI=1S/C17H32N4O/c18-16(20-9-3-1-2-4-10-20)19-15-17(7-13-22-14-8-17)21-11-5-6-12-21/h1-15H2,(H2,18,19). The number of hydrogen-bond acceptors (Lipinski definition) is 3. The van der Waals surface area contributed by atoms with Gasteiger partial charge in [0.2, 0.25) is 0 Å². The monoisotopic (exact) mass is 308 g/mol. The minimum Gasteiger partial charge on any atom is -0.381 e. The molecule has 3 aliphatic heterocycles. The number of ether oxygens (including phenoxy) is 1. The largest absolute Gasteiger partial charge is 0.381 e. The molecule has 0 aromatic carbocycles.